The highest BCUT2D eigenvalue weighted by molar-refractivity contribution is 6.30. The van der Waals surface area contributed by atoms with Gasteiger partial charge in [-0.25, -0.2) is 9.59 Å². The zero-order valence-electron chi connectivity index (χ0n) is 24.0. The Morgan fingerprint density at radius 3 is 2.33 bits per heavy atom. The minimum Gasteiger partial charge on any atom is -0.467 e. The van der Waals surface area contributed by atoms with Crippen molar-refractivity contribution < 1.29 is 28.9 Å². The lowest BCUT2D eigenvalue weighted by atomic mass is 9.99. The van der Waals surface area contributed by atoms with Gasteiger partial charge in [0, 0.05) is 24.2 Å². The van der Waals surface area contributed by atoms with Crippen LogP contribution in [0.15, 0.2) is 72.8 Å². The van der Waals surface area contributed by atoms with Crippen LogP contribution in [0, 0.1) is 0 Å². The van der Waals surface area contributed by atoms with Gasteiger partial charge in [-0.3, -0.25) is 4.90 Å². The van der Waals surface area contributed by atoms with Crippen LogP contribution in [0.5, 0.6) is 5.75 Å². The molecule has 1 N–H and O–H groups in total. The van der Waals surface area contributed by atoms with Crippen LogP contribution in [0.2, 0.25) is 5.02 Å². The van der Waals surface area contributed by atoms with Gasteiger partial charge in [-0.1, -0.05) is 60.1 Å². The molecule has 1 unspecified atom stereocenters. The van der Waals surface area contributed by atoms with E-state index in [9.17, 15) is 14.7 Å². The van der Waals surface area contributed by atoms with Gasteiger partial charge in [0.05, 0.1) is 19.3 Å². The number of halogens is 2. The number of aryl methyl sites for hydroxylation is 1. The Balaban J connectivity index is 0.00000484. The van der Waals surface area contributed by atoms with E-state index in [-0.39, 0.29) is 31.7 Å². The standard InChI is InChI=1S/C33H38ClNO6.ClH/c1-3-39-32(37)31(33(38)40-4-2)41-29-17-16-25-19-28(15-9-12-24(25)20-29)35(21-23-10-6-5-7-11-23)22-30(36)26-13-8-14-27(34)18-26;/h5-8,10-11,13-14,16-18,20,28,30-31,36H,3-4,9,12,15,19,21-22H2,1-2H3;1H/t28?,30-;/m0./s1. The molecule has 42 heavy (non-hydrogen) atoms. The number of fused-ring (bicyclic) bond motifs is 1. The molecule has 1 aliphatic carbocycles. The second-order valence-electron chi connectivity index (χ2n) is 10.2. The average molecular weight is 617 g/mol. The second kappa shape index (κ2) is 16.5. The van der Waals surface area contributed by atoms with E-state index in [1.54, 1.807) is 26.0 Å². The first-order valence-electron chi connectivity index (χ1n) is 14.2. The smallest absolute Gasteiger partial charge is 0.359 e. The molecule has 226 valence electrons. The number of benzene rings is 3. The number of carbonyl (C=O) groups is 2. The lowest BCUT2D eigenvalue weighted by Crippen LogP contribution is -2.39. The number of rotatable bonds is 12. The fourth-order valence-electron chi connectivity index (χ4n) is 5.27. The van der Waals surface area contributed by atoms with Crippen LogP contribution in [0.3, 0.4) is 0 Å². The molecular weight excluding hydrogens is 577 g/mol. The van der Waals surface area contributed by atoms with Crippen molar-refractivity contribution in [2.45, 2.75) is 64.3 Å². The fraction of sp³-hybridized carbons (Fsp3) is 0.394. The van der Waals surface area contributed by atoms with E-state index in [4.69, 9.17) is 25.8 Å². The van der Waals surface area contributed by atoms with Gasteiger partial charge in [-0.15, -0.1) is 12.4 Å². The van der Waals surface area contributed by atoms with Crippen LogP contribution in [0.4, 0.5) is 0 Å². The summed E-state index contributed by atoms with van der Waals surface area (Å²) in [6, 6.07) is 23.6. The summed E-state index contributed by atoms with van der Waals surface area (Å²) in [5.41, 5.74) is 4.28. The summed E-state index contributed by atoms with van der Waals surface area (Å²) in [4.78, 5) is 27.2. The maximum Gasteiger partial charge on any atom is 0.359 e. The highest BCUT2D eigenvalue weighted by Gasteiger charge is 2.32. The number of ether oxygens (including phenoxy) is 3. The van der Waals surface area contributed by atoms with E-state index in [1.807, 2.05) is 48.5 Å². The maximum absolute atomic E-state index is 12.4. The third-order valence-electron chi connectivity index (χ3n) is 7.26. The zero-order chi connectivity index (χ0) is 29.2. The van der Waals surface area contributed by atoms with Crippen molar-refractivity contribution >= 4 is 35.9 Å². The number of hydrogen-bond donors (Lipinski definition) is 1. The first-order valence-corrected chi connectivity index (χ1v) is 14.6. The molecule has 3 aromatic rings. The van der Waals surface area contributed by atoms with Crippen molar-refractivity contribution in [2.24, 2.45) is 0 Å². The molecule has 0 spiro atoms. The van der Waals surface area contributed by atoms with Gasteiger partial charge in [-0.05, 0) is 86.1 Å². The summed E-state index contributed by atoms with van der Waals surface area (Å²) in [5, 5.41) is 11.8. The molecule has 9 heteroatoms. The van der Waals surface area contributed by atoms with Crippen LogP contribution in [-0.2, 0) is 38.4 Å². The molecule has 2 atom stereocenters. The Bertz CT molecular complexity index is 1290. The van der Waals surface area contributed by atoms with Crippen LogP contribution in [0.25, 0.3) is 0 Å². The first kappa shape index (κ1) is 33.4. The maximum atomic E-state index is 12.4. The highest BCUT2D eigenvalue weighted by Crippen LogP contribution is 2.30. The summed E-state index contributed by atoms with van der Waals surface area (Å²) >= 11 is 6.21. The van der Waals surface area contributed by atoms with Crippen molar-refractivity contribution in [2.75, 3.05) is 19.8 Å². The van der Waals surface area contributed by atoms with E-state index in [0.29, 0.717) is 23.9 Å². The number of esters is 2. The molecule has 3 aromatic carbocycles. The molecule has 1 aliphatic rings. The van der Waals surface area contributed by atoms with Crippen molar-refractivity contribution in [1.82, 2.24) is 4.90 Å². The number of nitrogens with zero attached hydrogens (tertiary/aromatic N) is 1. The monoisotopic (exact) mass is 615 g/mol. The third-order valence-corrected chi connectivity index (χ3v) is 7.49. The highest BCUT2D eigenvalue weighted by atomic mass is 35.5. The summed E-state index contributed by atoms with van der Waals surface area (Å²) < 4.78 is 15.9. The van der Waals surface area contributed by atoms with E-state index < -0.39 is 24.1 Å². The number of carbonyl (C=O) groups excluding carboxylic acids is 2. The first-order chi connectivity index (χ1) is 19.9. The molecule has 0 fully saturated rings. The minimum absolute atomic E-state index is 0. The predicted octanol–water partition coefficient (Wildman–Crippen LogP) is 6.12. The Morgan fingerprint density at radius 2 is 1.67 bits per heavy atom. The Labute approximate surface area is 259 Å². The largest absolute Gasteiger partial charge is 0.467 e. The summed E-state index contributed by atoms with van der Waals surface area (Å²) in [6.07, 6.45) is 1.37. The average Bonchev–Trinajstić information content (AvgIpc) is 3.18. The fourth-order valence-corrected chi connectivity index (χ4v) is 5.47. The van der Waals surface area contributed by atoms with Crippen molar-refractivity contribution in [3.63, 3.8) is 0 Å². The summed E-state index contributed by atoms with van der Waals surface area (Å²) in [5.74, 6) is -1.11. The normalized spacial score (nSPS) is 15.2. The minimum atomic E-state index is -1.47. The van der Waals surface area contributed by atoms with Gasteiger partial charge in [0.25, 0.3) is 6.10 Å². The van der Waals surface area contributed by atoms with E-state index in [1.165, 1.54) is 11.1 Å². The van der Waals surface area contributed by atoms with Gasteiger partial charge in [-0.2, -0.15) is 0 Å². The van der Waals surface area contributed by atoms with Gasteiger partial charge in [0.1, 0.15) is 5.75 Å². The Hall–Kier alpha value is -3.10. The number of hydrogen-bond acceptors (Lipinski definition) is 7. The van der Waals surface area contributed by atoms with E-state index in [0.717, 1.165) is 36.8 Å². The van der Waals surface area contributed by atoms with Crippen molar-refractivity contribution in [1.29, 1.82) is 0 Å². The van der Waals surface area contributed by atoms with Crippen molar-refractivity contribution in [3.8, 4) is 5.75 Å². The predicted molar refractivity (Wildman–Crippen MR) is 165 cm³/mol. The lowest BCUT2D eigenvalue weighted by molar-refractivity contribution is -0.166. The molecule has 0 aromatic heterocycles. The van der Waals surface area contributed by atoms with Gasteiger partial charge >= 0.3 is 11.9 Å². The molecule has 0 saturated heterocycles. The quantitative estimate of drug-likeness (QED) is 0.149. The molecule has 7 nitrogen and oxygen atoms in total. The lowest BCUT2D eigenvalue weighted by Gasteiger charge is -2.33. The summed E-state index contributed by atoms with van der Waals surface area (Å²) in [6.45, 7) is 4.80. The molecule has 0 radical (unpaired) electrons. The molecular formula is C33H39Cl2NO6. The zero-order valence-corrected chi connectivity index (χ0v) is 25.6. The third kappa shape index (κ3) is 9.20. The van der Waals surface area contributed by atoms with Gasteiger partial charge in [0.15, 0.2) is 0 Å². The van der Waals surface area contributed by atoms with E-state index >= 15 is 0 Å². The number of aliphatic hydroxyl groups excluding tert-OH is 1. The molecule has 0 aliphatic heterocycles. The van der Waals surface area contributed by atoms with Crippen LogP contribution >= 0.6 is 24.0 Å². The second-order valence-corrected chi connectivity index (χ2v) is 10.6. The SMILES string of the molecule is CCOC(=O)C(Oc1ccc2c(c1)CCCC(N(Cc1ccccc1)C[C@H](O)c1cccc(Cl)c1)C2)C(=O)OCC.Cl. The molecule has 0 heterocycles. The number of aliphatic hydroxyl groups is 1. The van der Waals surface area contributed by atoms with Crippen LogP contribution in [-0.4, -0.2) is 53.8 Å². The molecule has 0 amide bonds. The Kier molecular flexibility index (Phi) is 13.1. The van der Waals surface area contributed by atoms with Crippen LogP contribution in [0.1, 0.15) is 55.0 Å². The van der Waals surface area contributed by atoms with Gasteiger partial charge in [0.2, 0.25) is 0 Å². The molecule has 0 saturated carbocycles. The summed E-state index contributed by atoms with van der Waals surface area (Å²) in [7, 11) is 0. The molecule has 0 bridgehead atoms. The Morgan fingerprint density at radius 1 is 0.952 bits per heavy atom. The van der Waals surface area contributed by atoms with Gasteiger partial charge < -0.3 is 19.3 Å². The van der Waals surface area contributed by atoms with Crippen LogP contribution < -0.4 is 4.74 Å². The topological polar surface area (TPSA) is 85.3 Å². The molecule has 4 rings (SSSR count). The van der Waals surface area contributed by atoms with Crippen molar-refractivity contribution in [3.05, 3.63) is 100 Å². The van der Waals surface area contributed by atoms with E-state index in [2.05, 4.69) is 17.0 Å².